The summed E-state index contributed by atoms with van der Waals surface area (Å²) in [6, 6.07) is 6.46. The quantitative estimate of drug-likeness (QED) is 0.878. The molecule has 0 amide bonds. The van der Waals surface area contributed by atoms with Gasteiger partial charge in [-0.2, -0.15) is 0 Å². The largest absolute Gasteiger partial charge is 0.330 e. The maximum Gasteiger partial charge on any atom is 0.110 e. The van der Waals surface area contributed by atoms with E-state index >= 15 is 0 Å². The Kier molecular flexibility index (Phi) is 3.48. The van der Waals surface area contributed by atoms with Gasteiger partial charge in [-0.25, -0.2) is 4.98 Å². The lowest BCUT2D eigenvalue weighted by Crippen LogP contribution is -2.15. The van der Waals surface area contributed by atoms with E-state index in [1.807, 2.05) is 0 Å². The van der Waals surface area contributed by atoms with Gasteiger partial charge in [0.05, 0.1) is 11.0 Å². The van der Waals surface area contributed by atoms with Crippen LogP contribution in [0.3, 0.4) is 0 Å². The normalized spacial score (nSPS) is 13.2. The summed E-state index contributed by atoms with van der Waals surface area (Å²) in [5.41, 5.74) is 9.29. The average molecular weight is 231 g/mol. The van der Waals surface area contributed by atoms with Gasteiger partial charge in [0.15, 0.2) is 0 Å². The third-order valence-electron chi connectivity index (χ3n) is 3.23. The molecule has 1 heterocycles. The Labute approximate surface area is 103 Å². The van der Waals surface area contributed by atoms with Crippen molar-refractivity contribution in [2.75, 3.05) is 6.54 Å². The Bertz CT molecular complexity index is 513. The standard InChI is InChI=1S/C14H21N3/c1-4-17-13-6-5-10(2)7-12(13)16-14(17)8-11(3)9-15/h5-7,11H,4,8-9,15H2,1-3H3. The summed E-state index contributed by atoms with van der Waals surface area (Å²) < 4.78 is 2.29. The molecule has 0 aliphatic rings. The average Bonchev–Trinajstić information content (AvgIpc) is 2.64. The van der Waals surface area contributed by atoms with E-state index in [0.717, 1.165) is 24.3 Å². The lowest BCUT2D eigenvalue weighted by Gasteiger charge is -2.09. The van der Waals surface area contributed by atoms with Gasteiger partial charge in [-0.15, -0.1) is 0 Å². The van der Waals surface area contributed by atoms with Crippen molar-refractivity contribution in [2.24, 2.45) is 11.7 Å². The number of hydrogen-bond acceptors (Lipinski definition) is 2. The van der Waals surface area contributed by atoms with Crippen LogP contribution in [0.2, 0.25) is 0 Å². The van der Waals surface area contributed by atoms with Gasteiger partial charge in [-0.3, -0.25) is 0 Å². The molecule has 1 aromatic carbocycles. The van der Waals surface area contributed by atoms with Crippen molar-refractivity contribution in [3.8, 4) is 0 Å². The molecule has 2 aromatic rings. The molecule has 1 atom stereocenters. The number of nitrogens with zero attached hydrogens (tertiary/aromatic N) is 2. The minimum atomic E-state index is 0.484. The van der Waals surface area contributed by atoms with Crippen LogP contribution in [0.4, 0.5) is 0 Å². The summed E-state index contributed by atoms with van der Waals surface area (Å²) in [6.07, 6.45) is 0.956. The SMILES string of the molecule is CCn1c(CC(C)CN)nc2cc(C)ccc21. The molecule has 0 aliphatic carbocycles. The highest BCUT2D eigenvalue weighted by molar-refractivity contribution is 5.76. The molecule has 0 saturated carbocycles. The highest BCUT2D eigenvalue weighted by Crippen LogP contribution is 2.19. The van der Waals surface area contributed by atoms with E-state index in [-0.39, 0.29) is 0 Å². The molecular weight excluding hydrogens is 210 g/mol. The van der Waals surface area contributed by atoms with Crippen molar-refractivity contribution in [1.29, 1.82) is 0 Å². The molecule has 2 rings (SSSR count). The van der Waals surface area contributed by atoms with Crippen LogP contribution in [0.1, 0.15) is 25.2 Å². The van der Waals surface area contributed by atoms with E-state index < -0.39 is 0 Å². The van der Waals surface area contributed by atoms with Crippen molar-refractivity contribution in [3.63, 3.8) is 0 Å². The Morgan fingerprint density at radius 1 is 1.41 bits per heavy atom. The summed E-state index contributed by atoms with van der Waals surface area (Å²) in [7, 11) is 0. The summed E-state index contributed by atoms with van der Waals surface area (Å²) >= 11 is 0. The molecular formula is C14H21N3. The smallest absolute Gasteiger partial charge is 0.110 e. The van der Waals surface area contributed by atoms with Gasteiger partial charge in [-0.05, 0) is 44.0 Å². The summed E-state index contributed by atoms with van der Waals surface area (Å²) in [5.74, 6) is 1.64. The van der Waals surface area contributed by atoms with Crippen LogP contribution >= 0.6 is 0 Å². The van der Waals surface area contributed by atoms with Gasteiger partial charge < -0.3 is 10.3 Å². The third kappa shape index (κ3) is 2.34. The Hall–Kier alpha value is -1.35. The van der Waals surface area contributed by atoms with E-state index in [4.69, 9.17) is 10.7 Å². The first-order valence-corrected chi connectivity index (χ1v) is 6.31. The van der Waals surface area contributed by atoms with Crippen LogP contribution < -0.4 is 5.73 Å². The number of benzene rings is 1. The molecule has 0 saturated heterocycles. The van der Waals surface area contributed by atoms with E-state index in [0.29, 0.717) is 12.5 Å². The second-order valence-electron chi connectivity index (χ2n) is 4.81. The topological polar surface area (TPSA) is 43.8 Å². The summed E-state index contributed by atoms with van der Waals surface area (Å²) in [5, 5.41) is 0. The van der Waals surface area contributed by atoms with Crippen LogP contribution in [0, 0.1) is 12.8 Å². The van der Waals surface area contributed by atoms with Crippen molar-refractivity contribution in [3.05, 3.63) is 29.6 Å². The second-order valence-corrected chi connectivity index (χ2v) is 4.81. The van der Waals surface area contributed by atoms with Gasteiger partial charge >= 0.3 is 0 Å². The van der Waals surface area contributed by atoms with Crippen molar-refractivity contribution < 1.29 is 0 Å². The van der Waals surface area contributed by atoms with Crippen LogP contribution in [-0.2, 0) is 13.0 Å². The number of aryl methyl sites for hydroxylation is 2. The zero-order valence-electron chi connectivity index (χ0n) is 10.9. The van der Waals surface area contributed by atoms with Crippen molar-refractivity contribution in [2.45, 2.75) is 33.7 Å². The maximum atomic E-state index is 5.69. The Morgan fingerprint density at radius 2 is 2.18 bits per heavy atom. The summed E-state index contributed by atoms with van der Waals surface area (Å²) in [4.78, 5) is 4.74. The summed E-state index contributed by atoms with van der Waals surface area (Å²) in [6.45, 7) is 8.12. The molecule has 2 N–H and O–H groups in total. The lowest BCUT2D eigenvalue weighted by atomic mass is 10.1. The lowest BCUT2D eigenvalue weighted by molar-refractivity contribution is 0.553. The minimum absolute atomic E-state index is 0.484. The highest BCUT2D eigenvalue weighted by Gasteiger charge is 2.11. The van der Waals surface area contributed by atoms with Crippen molar-refractivity contribution in [1.82, 2.24) is 9.55 Å². The molecule has 0 spiro atoms. The van der Waals surface area contributed by atoms with E-state index in [2.05, 4.69) is 43.5 Å². The van der Waals surface area contributed by atoms with E-state index in [1.54, 1.807) is 0 Å². The maximum absolute atomic E-state index is 5.69. The molecule has 0 fully saturated rings. The van der Waals surface area contributed by atoms with Crippen molar-refractivity contribution >= 4 is 11.0 Å². The molecule has 3 heteroatoms. The van der Waals surface area contributed by atoms with Gasteiger partial charge in [0.1, 0.15) is 5.82 Å². The molecule has 1 unspecified atom stereocenters. The Balaban J connectivity index is 2.48. The minimum Gasteiger partial charge on any atom is -0.330 e. The highest BCUT2D eigenvalue weighted by atomic mass is 15.1. The molecule has 92 valence electrons. The molecule has 1 aromatic heterocycles. The number of imidazole rings is 1. The molecule has 17 heavy (non-hydrogen) atoms. The first kappa shape index (κ1) is 12.1. The number of fused-ring (bicyclic) bond motifs is 1. The number of hydrogen-bond donors (Lipinski definition) is 1. The monoisotopic (exact) mass is 231 g/mol. The zero-order valence-corrected chi connectivity index (χ0v) is 10.9. The molecule has 0 aliphatic heterocycles. The molecule has 3 nitrogen and oxygen atoms in total. The fraction of sp³-hybridized carbons (Fsp3) is 0.500. The fourth-order valence-electron chi connectivity index (χ4n) is 2.19. The Morgan fingerprint density at radius 3 is 2.82 bits per heavy atom. The third-order valence-corrected chi connectivity index (χ3v) is 3.23. The van der Waals surface area contributed by atoms with E-state index in [9.17, 15) is 0 Å². The first-order chi connectivity index (χ1) is 8.15. The van der Waals surface area contributed by atoms with Crippen LogP contribution in [-0.4, -0.2) is 16.1 Å². The molecule has 0 bridgehead atoms. The van der Waals surface area contributed by atoms with Crippen LogP contribution in [0.25, 0.3) is 11.0 Å². The number of nitrogens with two attached hydrogens (primary N) is 1. The van der Waals surface area contributed by atoms with Gasteiger partial charge in [0, 0.05) is 13.0 Å². The zero-order chi connectivity index (χ0) is 12.4. The predicted molar refractivity (Wildman–Crippen MR) is 72.1 cm³/mol. The van der Waals surface area contributed by atoms with Gasteiger partial charge in [0.25, 0.3) is 0 Å². The number of rotatable bonds is 4. The second kappa shape index (κ2) is 4.88. The number of aromatic nitrogens is 2. The predicted octanol–water partition coefficient (Wildman–Crippen LogP) is 2.50. The van der Waals surface area contributed by atoms with Gasteiger partial charge in [0.2, 0.25) is 0 Å². The first-order valence-electron chi connectivity index (χ1n) is 6.31. The van der Waals surface area contributed by atoms with Crippen LogP contribution in [0.15, 0.2) is 18.2 Å². The molecule has 0 radical (unpaired) electrons. The van der Waals surface area contributed by atoms with Gasteiger partial charge in [-0.1, -0.05) is 13.0 Å². The van der Waals surface area contributed by atoms with E-state index in [1.165, 1.54) is 11.1 Å². The fourth-order valence-corrected chi connectivity index (χ4v) is 2.19. The van der Waals surface area contributed by atoms with Crippen LogP contribution in [0.5, 0.6) is 0 Å².